The van der Waals surface area contributed by atoms with Gasteiger partial charge in [0.05, 0.1) is 4.91 Å². The summed E-state index contributed by atoms with van der Waals surface area (Å²) in [5.41, 5.74) is 0.0358. The number of urea groups is 1. The Kier molecular flexibility index (Phi) is 6.46. The second-order valence-corrected chi connectivity index (χ2v) is 8.78. The molecule has 4 rings (SSSR count). The van der Waals surface area contributed by atoms with Gasteiger partial charge in [-0.15, -0.1) is 0 Å². The second-order valence-electron chi connectivity index (χ2n) is 7.78. The van der Waals surface area contributed by atoms with Crippen LogP contribution < -0.4 is 10.6 Å². The minimum Gasteiger partial charge on any atom is -0.353 e. The summed E-state index contributed by atoms with van der Waals surface area (Å²) in [7, 11) is 0. The molecule has 0 saturated carbocycles. The monoisotopic (exact) mass is 479 g/mol. The zero-order chi connectivity index (χ0) is 24.3. The molecule has 34 heavy (non-hydrogen) atoms. The Balaban J connectivity index is 1.31. The Morgan fingerprint density at radius 2 is 1.88 bits per heavy atom. The van der Waals surface area contributed by atoms with Crippen molar-refractivity contribution in [2.45, 2.75) is 12.5 Å². The molecule has 0 aliphatic carbocycles. The number of hydrogen-bond donors (Lipinski definition) is 2. The quantitative estimate of drug-likeness (QED) is 0.457. The average Bonchev–Trinajstić information content (AvgIpc) is 3.22. The molecule has 0 radical (unpaired) electrons. The first-order chi connectivity index (χ1) is 16.3. The molecule has 2 aliphatic rings. The summed E-state index contributed by atoms with van der Waals surface area (Å²) in [5.74, 6) is -1.58. The molecule has 2 aromatic rings. The SMILES string of the molecule is C[C@]1(c2ccccc2)NC(=O)N(CC(=O)NCCN2C(=O)S/C(=C\c3cccnc3)C2=O)C1=O. The largest absolute Gasteiger partial charge is 0.353 e. The van der Waals surface area contributed by atoms with Gasteiger partial charge >= 0.3 is 6.03 Å². The lowest BCUT2D eigenvalue weighted by molar-refractivity contribution is -0.134. The van der Waals surface area contributed by atoms with E-state index in [1.165, 1.54) is 0 Å². The molecule has 2 saturated heterocycles. The molecule has 0 spiro atoms. The maximum absolute atomic E-state index is 12.9. The number of pyridine rings is 1. The van der Waals surface area contributed by atoms with Gasteiger partial charge in [0.25, 0.3) is 17.1 Å². The van der Waals surface area contributed by atoms with E-state index in [0.717, 1.165) is 21.6 Å². The van der Waals surface area contributed by atoms with Crippen LogP contribution in [0.4, 0.5) is 9.59 Å². The van der Waals surface area contributed by atoms with Gasteiger partial charge < -0.3 is 10.6 Å². The standard InChI is InChI=1S/C23H21N5O5S/c1-23(16-7-3-2-4-8-16)20(31)28(21(32)26-23)14-18(29)25-10-11-27-19(30)17(34-22(27)33)12-15-6-5-9-24-13-15/h2-9,12-13H,10-11,14H2,1H3,(H,25,29)(H,26,32)/b17-12-/t23-/m1/s1. The molecule has 0 bridgehead atoms. The lowest BCUT2D eigenvalue weighted by atomic mass is 9.92. The Hall–Kier alpha value is -3.99. The number of nitrogens with zero attached hydrogens (tertiary/aromatic N) is 3. The van der Waals surface area contributed by atoms with Gasteiger partial charge in [-0.25, -0.2) is 4.79 Å². The zero-order valence-electron chi connectivity index (χ0n) is 18.2. The lowest BCUT2D eigenvalue weighted by Crippen LogP contribution is -2.44. The van der Waals surface area contributed by atoms with E-state index in [-0.39, 0.29) is 18.0 Å². The Morgan fingerprint density at radius 1 is 1.12 bits per heavy atom. The molecule has 2 aliphatic heterocycles. The summed E-state index contributed by atoms with van der Waals surface area (Å²) in [6, 6.07) is 11.6. The van der Waals surface area contributed by atoms with Crippen molar-refractivity contribution in [3.05, 3.63) is 70.9 Å². The van der Waals surface area contributed by atoms with Crippen LogP contribution in [0.5, 0.6) is 0 Å². The van der Waals surface area contributed by atoms with Crippen LogP contribution in [0.15, 0.2) is 59.8 Å². The fourth-order valence-electron chi connectivity index (χ4n) is 3.62. The number of amides is 6. The summed E-state index contributed by atoms with van der Waals surface area (Å²) in [5, 5.41) is 4.75. The number of nitrogens with one attached hydrogen (secondary N) is 2. The molecule has 0 unspecified atom stereocenters. The Labute approximate surface area is 199 Å². The van der Waals surface area contributed by atoms with Crippen molar-refractivity contribution >= 4 is 46.8 Å². The van der Waals surface area contributed by atoms with Gasteiger partial charge in [-0.2, -0.15) is 0 Å². The molecular weight excluding hydrogens is 458 g/mol. The van der Waals surface area contributed by atoms with Gasteiger partial charge in [0, 0.05) is 25.5 Å². The van der Waals surface area contributed by atoms with Crippen molar-refractivity contribution in [1.82, 2.24) is 25.4 Å². The number of aromatic nitrogens is 1. The summed E-state index contributed by atoms with van der Waals surface area (Å²) in [4.78, 5) is 68.5. The predicted octanol–water partition coefficient (Wildman–Crippen LogP) is 1.70. The topological polar surface area (TPSA) is 129 Å². The van der Waals surface area contributed by atoms with Crippen LogP contribution in [-0.4, -0.2) is 63.4 Å². The molecule has 3 heterocycles. The minimum absolute atomic E-state index is 0.0172. The minimum atomic E-state index is -1.26. The van der Waals surface area contributed by atoms with Crippen molar-refractivity contribution in [2.75, 3.05) is 19.6 Å². The third-order valence-corrected chi connectivity index (χ3v) is 6.35. The van der Waals surface area contributed by atoms with Crippen LogP contribution in [0.3, 0.4) is 0 Å². The summed E-state index contributed by atoms with van der Waals surface area (Å²) in [6.45, 7) is 1.05. The molecule has 11 heteroatoms. The number of benzene rings is 1. The third-order valence-electron chi connectivity index (χ3n) is 5.44. The molecule has 10 nitrogen and oxygen atoms in total. The lowest BCUT2D eigenvalue weighted by Gasteiger charge is -2.22. The van der Waals surface area contributed by atoms with Crippen LogP contribution in [0.25, 0.3) is 6.08 Å². The predicted molar refractivity (Wildman–Crippen MR) is 124 cm³/mol. The number of hydrogen-bond acceptors (Lipinski definition) is 7. The molecule has 1 aromatic heterocycles. The maximum atomic E-state index is 12.9. The number of rotatable bonds is 7. The average molecular weight is 480 g/mol. The smallest absolute Gasteiger partial charge is 0.325 e. The number of thioether (sulfide) groups is 1. The number of carbonyl (C=O) groups is 5. The van der Waals surface area contributed by atoms with E-state index >= 15 is 0 Å². The first-order valence-corrected chi connectivity index (χ1v) is 11.2. The highest BCUT2D eigenvalue weighted by Gasteiger charge is 2.49. The van der Waals surface area contributed by atoms with Gasteiger partial charge in [0.1, 0.15) is 12.1 Å². The van der Waals surface area contributed by atoms with Crippen molar-refractivity contribution in [3.8, 4) is 0 Å². The Bertz CT molecular complexity index is 1190. The van der Waals surface area contributed by atoms with E-state index in [2.05, 4.69) is 15.6 Å². The van der Waals surface area contributed by atoms with E-state index in [9.17, 15) is 24.0 Å². The van der Waals surface area contributed by atoms with Crippen molar-refractivity contribution in [3.63, 3.8) is 0 Å². The van der Waals surface area contributed by atoms with Gasteiger partial charge in [-0.3, -0.25) is 34.0 Å². The summed E-state index contributed by atoms with van der Waals surface area (Å²) >= 11 is 0.812. The highest BCUT2D eigenvalue weighted by molar-refractivity contribution is 8.18. The number of imide groups is 2. The van der Waals surface area contributed by atoms with Crippen LogP contribution in [0.1, 0.15) is 18.1 Å². The van der Waals surface area contributed by atoms with Gasteiger partial charge in [0.2, 0.25) is 5.91 Å². The van der Waals surface area contributed by atoms with E-state index < -0.39 is 41.1 Å². The van der Waals surface area contributed by atoms with Crippen LogP contribution in [0.2, 0.25) is 0 Å². The molecule has 174 valence electrons. The normalized spacial score (nSPS) is 21.4. The molecular formula is C23H21N5O5S. The van der Waals surface area contributed by atoms with Crippen LogP contribution >= 0.6 is 11.8 Å². The van der Waals surface area contributed by atoms with E-state index in [4.69, 9.17) is 0 Å². The van der Waals surface area contributed by atoms with E-state index in [1.807, 2.05) is 0 Å². The highest BCUT2D eigenvalue weighted by Crippen LogP contribution is 2.32. The molecule has 6 amide bonds. The second kappa shape index (κ2) is 9.48. The van der Waals surface area contributed by atoms with Crippen molar-refractivity contribution in [2.24, 2.45) is 0 Å². The van der Waals surface area contributed by atoms with Crippen molar-refractivity contribution in [1.29, 1.82) is 0 Å². The van der Waals surface area contributed by atoms with Gasteiger partial charge in [-0.1, -0.05) is 36.4 Å². The zero-order valence-corrected chi connectivity index (χ0v) is 19.0. The third kappa shape index (κ3) is 4.55. The van der Waals surface area contributed by atoms with Crippen molar-refractivity contribution < 1.29 is 24.0 Å². The molecule has 1 aromatic carbocycles. The maximum Gasteiger partial charge on any atom is 0.325 e. The fourth-order valence-corrected chi connectivity index (χ4v) is 4.48. The van der Waals surface area contributed by atoms with Gasteiger partial charge in [-0.05, 0) is 42.0 Å². The van der Waals surface area contributed by atoms with Gasteiger partial charge in [0.15, 0.2) is 0 Å². The first kappa shape index (κ1) is 23.2. The fraction of sp³-hybridized carbons (Fsp3) is 0.217. The molecule has 1 atom stereocenters. The van der Waals surface area contributed by atoms with E-state index in [1.54, 1.807) is 67.9 Å². The first-order valence-electron chi connectivity index (χ1n) is 10.4. The summed E-state index contributed by atoms with van der Waals surface area (Å²) in [6.07, 6.45) is 4.76. The van der Waals surface area contributed by atoms with Crippen LogP contribution in [0, 0.1) is 0 Å². The molecule has 2 N–H and O–H groups in total. The Morgan fingerprint density at radius 3 is 2.59 bits per heavy atom. The number of carbonyl (C=O) groups excluding carboxylic acids is 5. The summed E-state index contributed by atoms with van der Waals surface area (Å²) < 4.78 is 0. The highest BCUT2D eigenvalue weighted by atomic mass is 32.2. The molecule has 2 fully saturated rings. The van der Waals surface area contributed by atoms with E-state index in [0.29, 0.717) is 11.1 Å². The van der Waals surface area contributed by atoms with Crippen LogP contribution in [-0.2, 0) is 19.9 Å².